The second-order valence-electron chi connectivity index (χ2n) is 9.36. The summed E-state index contributed by atoms with van der Waals surface area (Å²) in [6, 6.07) is 15.5. The summed E-state index contributed by atoms with van der Waals surface area (Å²) in [7, 11) is 0. The number of rotatable bonds is 2. The first-order valence-electron chi connectivity index (χ1n) is 11.1. The fraction of sp³-hybridized carbons (Fsp3) is 0.280. The number of hydrogen-bond acceptors (Lipinski definition) is 4. The van der Waals surface area contributed by atoms with Crippen LogP contribution in [0.25, 0.3) is 28.3 Å². The lowest BCUT2D eigenvalue weighted by Crippen LogP contribution is -2.54. The molecule has 4 aromatic rings. The lowest BCUT2D eigenvalue weighted by atomic mass is 9.81. The van der Waals surface area contributed by atoms with Crippen LogP contribution in [0.15, 0.2) is 61.1 Å². The van der Waals surface area contributed by atoms with Gasteiger partial charge in [0.25, 0.3) is 0 Å². The average molecular weight is 426 g/mol. The number of nitrogens with one attached hydrogen (secondary N) is 1. The maximum atomic E-state index is 13.4. The number of benzene rings is 2. The second kappa shape index (κ2) is 6.53. The van der Waals surface area contributed by atoms with Crippen LogP contribution in [0, 0.1) is 11.2 Å². The van der Waals surface area contributed by atoms with Crippen molar-refractivity contribution in [3.63, 3.8) is 0 Å². The first-order chi connectivity index (χ1) is 15.7. The number of fused-ring (bicyclic) bond motifs is 5. The zero-order chi connectivity index (χ0) is 21.3. The van der Waals surface area contributed by atoms with Crippen molar-refractivity contribution in [1.29, 1.82) is 0 Å². The molecule has 2 aromatic heterocycles. The van der Waals surface area contributed by atoms with E-state index in [2.05, 4.69) is 60.0 Å². The zero-order valence-corrected chi connectivity index (χ0v) is 17.6. The largest absolute Gasteiger partial charge is 0.371 e. The first kappa shape index (κ1) is 18.2. The number of anilines is 1. The topological polar surface area (TPSA) is 50.9 Å². The van der Waals surface area contributed by atoms with Gasteiger partial charge < -0.3 is 14.8 Å². The van der Waals surface area contributed by atoms with Gasteiger partial charge in [-0.05, 0) is 53.9 Å². The van der Waals surface area contributed by atoms with Gasteiger partial charge in [-0.2, -0.15) is 0 Å². The minimum Gasteiger partial charge on any atom is -0.371 e. The Hall–Kier alpha value is -3.45. The Morgan fingerprint density at radius 2 is 1.88 bits per heavy atom. The van der Waals surface area contributed by atoms with Crippen LogP contribution in [0.5, 0.6) is 0 Å². The van der Waals surface area contributed by atoms with E-state index in [4.69, 9.17) is 0 Å². The molecule has 5 heterocycles. The van der Waals surface area contributed by atoms with Crippen LogP contribution < -0.4 is 10.2 Å². The fourth-order valence-corrected chi connectivity index (χ4v) is 5.45. The molecule has 0 amide bonds. The zero-order valence-electron chi connectivity index (χ0n) is 17.6. The van der Waals surface area contributed by atoms with Gasteiger partial charge in [0.2, 0.25) is 0 Å². The van der Waals surface area contributed by atoms with Gasteiger partial charge in [-0.25, -0.2) is 4.39 Å². The van der Waals surface area contributed by atoms with E-state index in [-0.39, 0.29) is 5.82 Å². The molecule has 0 unspecified atom stereocenters. The van der Waals surface area contributed by atoms with Crippen molar-refractivity contribution in [2.75, 3.05) is 31.1 Å². The lowest BCUT2D eigenvalue weighted by Gasteiger charge is -2.39. The Labute approximate surface area is 185 Å². The molecule has 6 nitrogen and oxygen atoms in total. The molecule has 0 saturated carbocycles. The third-order valence-corrected chi connectivity index (χ3v) is 7.32. The van der Waals surface area contributed by atoms with E-state index in [0.29, 0.717) is 5.41 Å². The van der Waals surface area contributed by atoms with Gasteiger partial charge in [0, 0.05) is 55.6 Å². The number of aromatic nitrogens is 4. The molecule has 0 radical (unpaired) electrons. The Balaban J connectivity index is 1.30. The molecule has 7 rings (SSSR count). The monoisotopic (exact) mass is 426 g/mol. The number of hydrogen-bond donors (Lipinski definition) is 1. The summed E-state index contributed by atoms with van der Waals surface area (Å²) >= 11 is 0. The highest BCUT2D eigenvalue weighted by Crippen LogP contribution is 2.39. The van der Waals surface area contributed by atoms with E-state index in [0.717, 1.165) is 61.1 Å². The summed E-state index contributed by atoms with van der Waals surface area (Å²) in [5, 5.41) is 12.1. The molecule has 3 aliphatic heterocycles. The third-order valence-electron chi connectivity index (χ3n) is 7.32. The van der Waals surface area contributed by atoms with Crippen molar-refractivity contribution >= 4 is 5.69 Å². The molecule has 1 N–H and O–H groups in total. The highest BCUT2D eigenvalue weighted by Gasteiger charge is 2.43. The second-order valence-corrected chi connectivity index (χ2v) is 9.36. The minimum atomic E-state index is -0.225. The third kappa shape index (κ3) is 2.67. The van der Waals surface area contributed by atoms with E-state index in [1.54, 1.807) is 6.33 Å². The van der Waals surface area contributed by atoms with Crippen molar-refractivity contribution < 1.29 is 4.39 Å². The quantitative estimate of drug-likeness (QED) is 0.468. The summed E-state index contributed by atoms with van der Waals surface area (Å²) in [6.45, 7) is 5.26. The lowest BCUT2D eigenvalue weighted by molar-refractivity contribution is 0.200. The molecule has 7 heteroatoms. The maximum Gasteiger partial charge on any atom is 0.185 e. The molecule has 0 aliphatic carbocycles. The van der Waals surface area contributed by atoms with Crippen LogP contribution in [0.1, 0.15) is 12.0 Å². The molecular weight excluding hydrogens is 403 g/mol. The van der Waals surface area contributed by atoms with E-state index in [1.165, 1.54) is 29.8 Å². The Kier molecular flexibility index (Phi) is 3.70. The van der Waals surface area contributed by atoms with Crippen molar-refractivity contribution in [3.8, 4) is 28.3 Å². The fourth-order valence-electron chi connectivity index (χ4n) is 5.45. The van der Waals surface area contributed by atoms with Crippen molar-refractivity contribution in [2.24, 2.45) is 5.41 Å². The van der Waals surface area contributed by atoms with Crippen LogP contribution in [0.3, 0.4) is 0 Å². The summed E-state index contributed by atoms with van der Waals surface area (Å²) < 4.78 is 17.7. The van der Waals surface area contributed by atoms with E-state index < -0.39 is 0 Å². The summed E-state index contributed by atoms with van der Waals surface area (Å²) in [5.41, 5.74) is 7.18. The van der Waals surface area contributed by atoms with Gasteiger partial charge in [0.15, 0.2) is 5.82 Å². The molecule has 2 aromatic carbocycles. The number of halogens is 1. The van der Waals surface area contributed by atoms with Gasteiger partial charge in [-0.15, -0.1) is 10.2 Å². The maximum absolute atomic E-state index is 13.4. The molecule has 3 aliphatic rings. The van der Waals surface area contributed by atoms with Crippen LogP contribution in [0.2, 0.25) is 0 Å². The van der Waals surface area contributed by atoms with Crippen LogP contribution in [-0.2, 0) is 6.54 Å². The minimum absolute atomic E-state index is 0.225. The van der Waals surface area contributed by atoms with Crippen LogP contribution in [0.4, 0.5) is 10.1 Å². The van der Waals surface area contributed by atoms with E-state index >= 15 is 0 Å². The van der Waals surface area contributed by atoms with Gasteiger partial charge in [0.1, 0.15) is 12.1 Å². The van der Waals surface area contributed by atoms with Crippen molar-refractivity contribution in [2.45, 2.75) is 13.0 Å². The molecule has 160 valence electrons. The van der Waals surface area contributed by atoms with Gasteiger partial charge in [-0.1, -0.05) is 12.1 Å². The molecule has 32 heavy (non-hydrogen) atoms. The number of nitrogens with zero attached hydrogens (tertiary/aromatic N) is 5. The Morgan fingerprint density at radius 1 is 1.00 bits per heavy atom. The van der Waals surface area contributed by atoms with Gasteiger partial charge >= 0.3 is 0 Å². The van der Waals surface area contributed by atoms with Crippen molar-refractivity contribution in [3.05, 3.63) is 72.4 Å². The van der Waals surface area contributed by atoms with Crippen LogP contribution >= 0.6 is 0 Å². The molecule has 2 fully saturated rings. The van der Waals surface area contributed by atoms with E-state index in [1.807, 2.05) is 12.1 Å². The Bertz CT molecular complexity index is 1330. The van der Waals surface area contributed by atoms with Gasteiger partial charge in [0.05, 0.1) is 11.4 Å². The summed E-state index contributed by atoms with van der Waals surface area (Å²) in [6.07, 6.45) is 5.18. The molecule has 2 saturated heterocycles. The highest BCUT2D eigenvalue weighted by atomic mass is 19.1. The summed E-state index contributed by atoms with van der Waals surface area (Å²) in [4.78, 5) is 2.53. The van der Waals surface area contributed by atoms with Crippen LogP contribution in [-0.4, -0.2) is 45.5 Å². The molecule has 0 bridgehead atoms. The van der Waals surface area contributed by atoms with Crippen molar-refractivity contribution in [1.82, 2.24) is 24.6 Å². The first-order valence-corrected chi connectivity index (χ1v) is 11.1. The average Bonchev–Trinajstić information content (AvgIpc) is 3.51. The van der Waals surface area contributed by atoms with E-state index in [9.17, 15) is 4.39 Å². The Morgan fingerprint density at radius 3 is 2.66 bits per heavy atom. The molecular formula is C25H23FN6. The highest BCUT2D eigenvalue weighted by molar-refractivity contribution is 5.72. The smallest absolute Gasteiger partial charge is 0.185 e. The SMILES string of the molecule is Fc1ccc(-c2cc3n(c2)Cc2cc(N4CCC5(CNC5)C4)ccc2-n2cnnc2-3)cc1. The molecule has 1 spiro atoms. The predicted octanol–water partition coefficient (Wildman–Crippen LogP) is 3.70. The summed E-state index contributed by atoms with van der Waals surface area (Å²) in [5.74, 6) is 0.600. The molecule has 0 atom stereocenters. The van der Waals surface area contributed by atoms with Gasteiger partial charge in [-0.3, -0.25) is 4.57 Å². The normalized spacial score (nSPS) is 18.1. The standard InChI is InChI=1S/C25H23FN6/c26-20-3-1-17(2-4-20)18-10-23-24-29-28-16-32(24)22-6-5-21(9-19(22)12-31(23)11-18)30-8-7-25(15-30)13-27-14-25/h1-6,9-11,16,27H,7-8,12-15H2. The predicted molar refractivity (Wildman–Crippen MR) is 121 cm³/mol.